The van der Waals surface area contributed by atoms with Crippen LogP contribution >= 0.6 is 0 Å². The molecule has 0 bridgehead atoms. The van der Waals surface area contributed by atoms with Gasteiger partial charge in [0.25, 0.3) is 0 Å². The average molecular weight is 450 g/mol. The van der Waals surface area contributed by atoms with Crippen LogP contribution < -0.4 is 10.6 Å². The van der Waals surface area contributed by atoms with Crippen LogP contribution in [0.5, 0.6) is 5.75 Å². The van der Waals surface area contributed by atoms with E-state index in [0.717, 1.165) is 0 Å². The molecule has 0 saturated heterocycles. The van der Waals surface area contributed by atoms with Gasteiger partial charge in [-0.25, -0.2) is 4.79 Å². The Kier molecular flexibility index (Phi) is 9.12. The Hall–Kier alpha value is -2.77. The average Bonchev–Trinajstić information content (AvgIpc) is 2.60. The number of phenolic OH excluding ortho intramolecular Hbond substituents is 1. The Bertz CT molecular complexity index is 809. The highest BCUT2D eigenvalue weighted by Gasteiger charge is 2.37. The molecule has 1 aromatic rings. The van der Waals surface area contributed by atoms with Gasteiger partial charge in [0.1, 0.15) is 23.4 Å². The van der Waals surface area contributed by atoms with Crippen LogP contribution in [-0.4, -0.2) is 51.6 Å². The summed E-state index contributed by atoms with van der Waals surface area (Å²) < 4.78 is 5.32. The first-order valence-corrected chi connectivity index (χ1v) is 11.0. The first kappa shape index (κ1) is 27.3. The molecule has 8 nitrogen and oxygen atoms in total. The van der Waals surface area contributed by atoms with Crippen LogP contribution in [0.15, 0.2) is 24.3 Å². The van der Waals surface area contributed by atoms with Crippen molar-refractivity contribution in [1.82, 2.24) is 15.5 Å². The molecule has 0 radical (unpaired) electrons. The molecule has 2 unspecified atom stereocenters. The minimum atomic E-state index is -0.986. The number of carbonyl (C=O) groups is 3. The zero-order valence-electron chi connectivity index (χ0n) is 20.8. The molecule has 3 amide bonds. The van der Waals surface area contributed by atoms with Crippen LogP contribution in [0.25, 0.3) is 0 Å². The number of carbonyl (C=O) groups excluding carboxylic acids is 3. The lowest BCUT2D eigenvalue weighted by molar-refractivity contribution is -0.143. The predicted octanol–water partition coefficient (Wildman–Crippen LogP) is 3.75. The highest BCUT2D eigenvalue weighted by molar-refractivity contribution is 5.92. The van der Waals surface area contributed by atoms with Crippen LogP contribution in [0.4, 0.5) is 4.79 Å². The van der Waals surface area contributed by atoms with E-state index in [4.69, 9.17) is 4.74 Å². The van der Waals surface area contributed by atoms with Gasteiger partial charge in [-0.15, -0.1) is 0 Å². The standard InChI is InChI=1S/C24H39N3O5/c1-10-27(21(30)18(15(2)3)25-22(31)32-24(7,8)9)19(20(29)26-23(4,5)6)16-12-11-13-17(28)14-16/h11-15,18-19,28H,10H2,1-9H3,(H,25,31)(H,26,29). The molecule has 0 aliphatic rings. The lowest BCUT2D eigenvalue weighted by Gasteiger charge is -2.36. The van der Waals surface area contributed by atoms with E-state index in [9.17, 15) is 19.5 Å². The molecule has 1 rings (SSSR count). The van der Waals surface area contributed by atoms with Gasteiger partial charge in [0.2, 0.25) is 11.8 Å². The fraction of sp³-hybridized carbons (Fsp3) is 0.625. The van der Waals surface area contributed by atoms with Gasteiger partial charge in [-0.1, -0.05) is 26.0 Å². The lowest BCUT2D eigenvalue weighted by atomic mass is 9.98. The number of nitrogens with one attached hydrogen (secondary N) is 2. The van der Waals surface area contributed by atoms with E-state index in [-0.39, 0.29) is 24.1 Å². The number of alkyl carbamates (subject to hydrolysis) is 1. The number of benzene rings is 1. The van der Waals surface area contributed by atoms with Gasteiger partial charge in [0.15, 0.2) is 0 Å². The molecule has 0 aliphatic carbocycles. The Labute approximate surface area is 191 Å². The maximum atomic E-state index is 13.6. The SMILES string of the molecule is CCN(C(=O)C(NC(=O)OC(C)(C)C)C(C)C)C(C(=O)NC(C)(C)C)c1cccc(O)c1. The largest absolute Gasteiger partial charge is 0.508 e. The zero-order valence-corrected chi connectivity index (χ0v) is 20.8. The number of nitrogens with zero attached hydrogens (tertiary/aromatic N) is 1. The maximum absolute atomic E-state index is 13.6. The Balaban J connectivity index is 3.36. The summed E-state index contributed by atoms with van der Waals surface area (Å²) in [5, 5.41) is 15.6. The van der Waals surface area contributed by atoms with Gasteiger partial charge in [0, 0.05) is 12.1 Å². The van der Waals surface area contributed by atoms with Crippen molar-refractivity contribution >= 4 is 17.9 Å². The first-order valence-electron chi connectivity index (χ1n) is 11.0. The third-order valence-electron chi connectivity index (χ3n) is 4.47. The number of phenols is 1. The minimum Gasteiger partial charge on any atom is -0.508 e. The van der Waals surface area contributed by atoms with Crippen molar-refractivity contribution in [2.24, 2.45) is 5.92 Å². The minimum absolute atomic E-state index is 0.00755. The molecule has 0 aliphatic heterocycles. The van der Waals surface area contributed by atoms with Crippen molar-refractivity contribution in [3.63, 3.8) is 0 Å². The van der Waals surface area contributed by atoms with Gasteiger partial charge in [-0.2, -0.15) is 0 Å². The Morgan fingerprint density at radius 2 is 1.69 bits per heavy atom. The third-order valence-corrected chi connectivity index (χ3v) is 4.47. The molecule has 180 valence electrons. The van der Waals surface area contributed by atoms with E-state index >= 15 is 0 Å². The van der Waals surface area contributed by atoms with Crippen molar-refractivity contribution < 1.29 is 24.2 Å². The summed E-state index contributed by atoms with van der Waals surface area (Å²) >= 11 is 0. The van der Waals surface area contributed by atoms with Crippen LogP contribution in [0.3, 0.4) is 0 Å². The van der Waals surface area contributed by atoms with Crippen molar-refractivity contribution in [3.05, 3.63) is 29.8 Å². The summed E-state index contributed by atoms with van der Waals surface area (Å²) in [5.74, 6) is -1.05. The van der Waals surface area contributed by atoms with Crippen molar-refractivity contribution in [2.75, 3.05) is 6.54 Å². The highest BCUT2D eigenvalue weighted by atomic mass is 16.6. The van der Waals surface area contributed by atoms with Crippen molar-refractivity contribution in [3.8, 4) is 5.75 Å². The van der Waals surface area contributed by atoms with E-state index < -0.39 is 35.2 Å². The fourth-order valence-corrected chi connectivity index (χ4v) is 3.20. The highest BCUT2D eigenvalue weighted by Crippen LogP contribution is 2.27. The molecule has 2 atom stereocenters. The molecule has 8 heteroatoms. The van der Waals surface area contributed by atoms with Crippen LogP contribution in [0.2, 0.25) is 0 Å². The number of hydrogen-bond donors (Lipinski definition) is 3. The summed E-state index contributed by atoms with van der Waals surface area (Å²) in [6, 6.07) is 4.40. The van der Waals surface area contributed by atoms with Crippen molar-refractivity contribution in [1.29, 1.82) is 0 Å². The van der Waals surface area contributed by atoms with Gasteiger partial charge in [-0.3, -0.25) is 9.59 Å². The second-order valence-electron chi connectivity index (χ2n) is 10.2. The smallest absolute Gasteiger partial charge is 0.408 e. The summed E-state index contributed by atoms with van der Waals surface area (Å²) in [6.07, 6.45) is -0.700. The molecule has 32 heavy (non-hydrogen) atoms. The molecular weight excluding hydrogens is 410 g/mol. The van der Waals surface area contributed by atoms with Crippen LogP contribution in [0.1, 0.15) is 73.9 Å². The number of amides is 3. The van der Waals surface area contributed by atoms with Crippen LogP contribution in [-0.2, 0) is 14.3 Å². The summed E-state index contributed by atoms with van der Waals surface area (Å²) in [6.45, 7) is 16.4. The normalized spacial score (nSPS) is 13.8. The second kappa shape index (κ2) is 10.7. The lowest BCUT2D eigenvalue weighted by Crippen LogP contribution is -2.56. The first-order chi connectivity index (χ1) is 14.6. The third kappa shape index (κ3) is 8.40. The summed E-state index contributed by atoms with van der Waals surface area (Å²) in [7, 11) is 0. The molecule has 0 aromatic heterocycles. The number of hydrogen-bond acceptors (Lipinski definition) is 5. The Morgan fingerprint density at radius 3 is 2.12 bits per heavy atom. The molecule has 3 N–H and O–H groups in total. The van der Waals surface area contributed by atoms with Crippen molar-refractivity contribution in [2.45, 2.75) is 85.5 Å². The molecule has 0 fully saturated rings. The summed E-state index contributed by atoms with van der Waals surface area (Å²) in [4.78, 5) is 40.7. The molecule has 0 spiro atoms. The number of aromatic hydroxyl groups is 1. The monoisotopic (exact) mass is 449 g/mol. The second-order valence-corrected chi connectivity index (χ2v) is 10.2. The molecule has 0 heterocycles. The van der Waals surface area contributed by atoms with E-state index in [1.807, 2.05) is 34.6 Å². The van der Waals surface area contributed by atoms with Gasteiger partial charge >= 0.3 is 6.09 Å². The summed E-state index contributed by atoms with van der Waals surface area (Å²) in [5.41, 5.74) is -0.766. The zero-order chi connectivity index (χ0) is 24.9. The van der Waals surface area contributed by atoms with E-state index in [2.05, 4.69) is 10.6 Å². The topological polar surface area (TPSA) is 108 Å². The number of ether oxygens (including phenoxy) is 1. The number of rotatable bonds is 7. The van der Waals surface area contributed by atoms with E-state index in [1.54, 1.807) is 39.8 Å². The van der Waals surface area contributed by atoms with E-state index in [1.165, 1.54) is 17.0 Å². The molecule has 0 saturated carbocycles. The van der Waals surface area contributed by atoms with Crippen LogP contribution in [0, 0.1) is 5.92 Å². The molecular formula is C24H39N3O5. The predicted molar refractivity (Wildman–Crippen MR) is 124 cm³/mol. The molecule has 1 aromatic carbocycles. The van der Waals surface area contributed by atoms with Gasteiger partial charge < -0.3 is 25.4 Å². The van der Waals surface area contributed by atoms with Gasteiger partial charge in [-0.05, 0) is 72.1 Å². The number of likely N-dealkylation sites (N-methyl/N-ethyl adjacent to an activating group) is 1. The maximum Gasteiger partial charge on any atom is 0.408 e. The van der Waals surface area contributed by atoms with E-state index in [0.29, 0.717) is 5.56 Å². The fourth-order valence-electron chi connectivity index (χ4n) is 3.20. The van der Waals surface area contributed by atoms with Gasteiger partial charge in [0.05, 0.1) is 0 Å². The quantitative estimate of drug-likeness (QED) is 0.588. The Morgan fingerprint density at radius 1 is 1.09 bits per heavy atom.